The molecule has 1 aliphatic heterocycles. The first-order valence-corrected chi connectivity index (χ1v) is 6.48. The molecule has 4 nitrogen and oxygen atoms in total. The number of carboxylic acids is 1. The normalized spacial score (nSPS) is 42.6. The Morgan fingerprint density at radius 3 is 2.29 bits per heavy atom. The summed E-state index contributed by atoms with van der Waals surface area (Å²) in [6.07, 6.45) is 0.513. The highest BCUT2D eigenvalue weighted by Crippen LogP contribution is 2.73. The Labute approximate surface area is 83.2 Å². The fourth-order valence-electron chi connectivity index (χ4n) is 3.10. The first kappa shape index (κ1) is 9.96. The fraction of sp³-hybridized carbons (Fsp3) is 0.889. The van der Waals surface area contributed by atoms with Crippen LogP contribution in [0.1, 0.15) is 20.3 Å². The first-order chi connectivity index (χ1) is 6.23. The molecule has 1 saturated carbocycles. The molecule has 80 valence electrons. The summed E-state index contributed by atoms with van der Waals surface area (Å²) in [5, 5.41) is 8.99. The van der Waals surface area contributed by atoms with Crippen LogP contribution in [0.5, 0.6) is 0 Å². The Balaban J connectivity index is 2.35. The summed E-state index contributed by atoms with van der Waals surface area (Å²) in [4.78, 5) is 11.0. The van der Waals surface area contributed by atoms with Gasteiger partial charge in [-0.05, 0) is 11.8 Å². The molecule has 1 heterocycles. The van der Waals surface area contributed by atoms with E-state index < -0.39 is 27.1 Å². The second kappa shape index (κ2) is 2.32. The standard InChI is InChI=1S/C9H14O4S/c1-8(2)6(7(10)11)9(8)3-4-14(12,13)5-9/h6H,3-5H2,1-2H3,(H,10,11). The van der Waals surface area contributed by atoms with Gasteiger partial charge in [-0.2, -0.15) is 0 Å². The zero-order valence-corrected chi connectivity index (χ0v) is 9.10. The summed E-state index contributed by atoms with van der Waals surface area (Å²) in [5.74, 6) is -1.12. The predicted octanol–water partition coefficient (Wildman–Crippen LogP) is 0.532. The summed E-state index contributed by atoms with van der Waals surface area (Å²) >= 11 is 0. The lowest BCUT2D eigenvalue weighted by Gasteiger charge is -2.08. The molecule has 2 atom stereocenters. The van der Waals surface area contributed by atoms with Crippen molar-refractivity contribution in [3.05, 3.63) is 0 Å². The number of carbonyl (C=O) groups is 1. The van der Waals surface area contributed by atoms with Crippen molar-refractivity contribution in [1.29, 1.82) is 0 Å². The van der Waals surface area contributed by atoms with Gasteiger partial charge in [0.1, 0.15) is 0 Å². The van der Waals surface area contributed by atoms with Crippen molar-refractivity contribution < 1.29 is 18.3 Å². The quantitative estimate of drug-likeness (QED) is 0.697. The summed E-state index contributed by atoms with van der Waals surface area (Å²) in [5.41, 5.74) is -0.833. The van der Waals surface area contributed by atoms with Crippen LogP contribution in [0.3, 0.4) is 0 Å². The van der Waals surface area contributed by atoms with E-state index in [-0.39, 0.29) is 16.9 Å². The van der Waals surface area contributed by atoms with E-state index in [1.54, 1.807) is 0 Å². The van der Waals surface area contributed by atoms with Gasteiger partial charge in [0.2, 0.25) is 0 Å². The van der Waals surface area contributed by atoms with E-state index in [9.17, 15) is 13.2 Å². The van der Waals surface area contributed by atoms with Gasteiger partial charge in [-0.25, -0.2) is 8.42 Å². The minimum absolute atomic E-state index is 0.0595. The van der Waals surface area contributed by atoms with Crippen LogP contribution in [-0.2, 0) is 14.6 Å². The monoisotopic (exact) mass is 218 g/mol. The van der Waals surface area contributed by atoms with Gasteiger partial charge in [-0.3, -0.25) is 4.79 Å². The predicted molar refractivity (Wildman–Crippen MR) is 50.6 cm³/mol. The van der Waals surface area contributed by atoms with Crippen LogP contribution in [0, 0.1) is 16.7 Å². The van der Waals surface area contributed by atoms with Crippen LogP contribution in [0.15, 0.2) is 0 Å². The zero-order chi connectivity index (χ0) is 10.8. The number of aliphatic carboxylic acids is 1. The number of rotatable bonds is 1. The van der Waals surface area contributed by atoms with E-state index in [1.165, 1.54) is 0 Å². The molecular weight excluding hydrogens is 204 g/mol. The maximum atomic E-state index is 11.3. The molecule has 5 heteroatoms. The minimum Gasteiger partial charge on any atom is -0.481 e. The number of sulfone groups is 1. The largest absolute Gasteiger partial charge is 0.481 e. The molecule has 0 aromatic carbocycles. The molecule has 2 fully saturated rings. The third-order valence-corrected chi connectivity index (χ3v) is 5.84. The molecule has 0 radical (unpaired) electrons. The molecule has 0 amide bonds. The minimum atomic E-state index is -2.99. The van der Waals surface area contributed by atoms with Gasteiger partial charge in [0.05, 0.1) is 17.4 Å². The maximum absolute atomic E-state index is 11.3. The third kappa shape index (κ3) is 0.988. The van der Waals surface area contributed by atoms with E-state index in [2.05, 4.69) is 0 Å². The summed E-state index contributed by atoms with van der Waals surface area (Å²) in [6, 6.07) is 0. The summed E-state index contributed by atoms with van der Waals surface area (Å²) in [6.45, 7) is 3.71. The number of hydrogen-bond donors (Lipinski definition) is 1. The van der Waals surface area contributed by atoms with Crippen molar-refractivity contribution in [2.24, 2.45) is 16.7 Å². The van der Waals surface area contributed by atoms with Crippen molar-refractivity contribution in [2.75, 3.05) is 11.5 Å². The molecule has 1 N–H and O–H groups in total. The van der Waals surface area contributed by atoms with Gasteiger partial charge in [0, 0.05) is 5.41 Å². The molecular formula is C9H14O4S. The Bertz CT molecular complexity index is 395. The Morgan fingerprint density at radius 1 is 1.43 bits per heavy atom. The molecule has 1 spiro atoms. The molecule has 2 unspecified atom stereocenters. The van der Waals surface area contributed by atoms with Gasteiger partial charge in [0.25, 0.3) is 0 Å². The van der Waals surface area contributed by atoms with Crippen LogP contribution in [-0.4, -0.2) is 31.0 Å². The molecule has 2 rings (SSSR count). The van der Waals surface area contributed by atoms with Crippen LogP contribution >= 0.6 is 0 Å². The van der Waals surface area contributed by atoms with Gasteiger partial charge in [-0.1, -0.05) is 13.8 Å². The van der Waals surface area contributed by atoms with Crippen LogP contribution in [0.25, 0.3) is 0 Å². The van der Waals surface area contributed by atoms with Gasteiger partial charge >= 0.3 is 5.97 Å². The maximum Gasteiger partial charge on any atom is 0.307 e. The fourth-order valence-corrected chi connectivity index (χ4v) is 5.39. The van der Waals surface area contributed by atoms with Crippen LogP contribution in [0.2, 0.25) is 0 Å². The lowest BCUT2D eigenvalue weighted by atomic mass is 9.96. The first-order valence-electron chi connectivity index (χ1n) is 4.66. The van der Waals surface area contributed by atoms with Gasteiger partial charge in [-0.15, -0.1) is 0 Å². The second-order valence-electron chi connectivity index (χ2n) is 4.99. The van der Waals surface area contributed by atoms with E-state index in [0.29, 0.717) is 6.42 Å². The second-order valence-corrected chi connectivity index (χ2v) is 7.18. The molecule has 14 heavy (non-hydrogen) atoms. The summed E-state index contributed by atoms with van der Waals surface area (Å²) < 4.78 is 22.7. The van der Waals surface area contributed by atoms with Crippen molar-refractivity contribution >= 4 is 15.8 Å². The highest BCUT2D eigenvalue weighted by Gasteiger charge is 2.76. The smallest absolute Gasteiger partial charge is 0.307 e. The average molecular weight is 218 g/mol. The van der Waals surface area contributed by atoms with E-state index in [4.69, 9.17) is 5.11 Å². The summed E-state index contributed by atoms with van der Waals surface area (Å²) in [7, 11) is -2.99. The molecule has 1 saturated heterocycles. The van der Waals surface area contributed by atoms with E-state index in [1.807, 2.05) is 13.8 Å². The molecule has 0 aromatic rings. The highest BCUT2D eigenvalue weighted by molar-refractivity contribution is 7.91. The third-order valence-electron chi connectivity index (χ3n) is 4.06. The Kier molecular flexibility index (Phi) is 1.65. The Morgan fingerprint density at radius 2 is 2.00 bits per heavy atom. The SMILES string of the molecule is CC1(C)C(C(=O)O)C12CCS(=O)(=O)C2. The van der Waals surface area contributed by atoms with E-state index >= 15 is 0 Å². The highest BCUT2D eigenvalue weighted by atomic mass is 32.2. The van der Waals surface area contributed by atoms with Crippen LogP contribution in [0.4, 0.5) is 0 Å². The zero-order valence-electron chi connectivity index (χ0n) is 8.28. The topological polar surface area (TPSA) is 71.4 Å². The van der Waals surface area contributed by atoms with Gasteiger partial charge < -0.3 is 5.11 Å². The lowest BCUT2D eigenvalue weighted by Crippen LogP contribution is -2.13. The number of carboxylic acid groups (broad SMARTS) is 1. The van der Waals surface area contributed by atoms with E-state index in [0.717, 1.165) is 0 Å². The van der Waals surface area contributed by atoms with Crippen molar-refractivity contribution in [2.45, 2.75) is 20.3 Å². The number of hydrogen-bond acceptors (Lipinski definition) is 3. The molecule has 2 aliphatic rings. The van der Waals surface area contributed by atoms with Crippen LogP contribution < -0.4 is 0 Å². The van der Waals surface area contributed by atoms with Crippen molar-refractivity contribution in [3.8, 4) is 0 Å². The molecule has 0 aromatic heterocycles. The van der Waals surface area contributed by atoms with Crippen molar-refractivity contribution in [3.63, 3.8) is 0 Å². The molecule has 0 bridgehead atoms. The Hall–Kier alpha value is -0.580. The van der Waals surface area contributed by atoms with Crippen molar-refractivity contribution in [1.82, 2.24) is 0 Å². The lowest BCUT2D eigenvalue weighted by molar-refractivity contribution is -0.139. The average Bonchev–Trinajstić information content (AvgIpc) is 2.29. The molecule has 1 aliphatic carbocycles. The van der Waals surface area contributed by atoms with Gasteiger partial charge in [0.15, 0.2) is 9.84 Å².